The molecule has 0 aliphatic rings. The number of hydrogen-bond acceptors (Lipinski definition) is 2. The third-order valence-electron chi connectivity index (χ3n) is 2.50. The zero-order chi connectivity index (χ0) is 13.3. The van der Waals surface area contributed by atoms with Crippen molar-refractivity contribution in [1.29, 1.82) is 0 Å². The van der Waals surface area contributed by atoms with Gasteiger partial charge in [0.1, 0.15) is 5.82 Å². The van der Waals surface area contributed by atoms with Crippen LogP contribution in [0.15, 0.2) is 35.7 Å². The molecule has 7 heteroatoms. The third-order valence-corrected chi connectivity index (χ3v) is 3.46. The van der Waals surface area contributed by atoms with Gasteiger partial charge in [0.25, 0.3) is 0 Å². The molecular formula is C12H10ClF4NS. The summed E-state index contributed by atoms with van der Waals surface area (Å²) < 4.78 is 50.8. The lowest BCUT2D eigenvalue weighted by Crippen LogP contribution is -2.14. The molecule has 1 atom stereocenters. The van der Waals surface area contributed by atoms with Crippen LogP contribution in [0.3, 0.4) is 0 Å². The fourth-order valence-corrected chi connectivity index (χ4v) is 2.34. The first kappa shape index (κ1) is 15.9. The zero-order valence-corrected chi connectivity index (χ0v) is 11.1. The molecule has 0 aliphatic heterocycles. The maximum absolute atomic E-state index is 13.1. The monoisotopic (exact) mass is 311 g/mol. The predicted octanol–water partition coefficient (Wildman–Crippen LogP) is 4.38. The molecule has 2 rings (SSSR count). The highest BCUT2D eigenvalue weighted by Crippen LogP contribution is 2.34. The van der Waals surface area contributed by atoms with Gasteiger partial charge < -0.3 is 5.73 Å². The van der Waals surface area contributed by atoms with Gasteiger partial charge in [-0.1, -0.05) is 12.1 Å². The predicted molar refractivity (Wildman–Crippen MR) is 69.0 cm³/mol. The van der Waals surface area contributed by atoms with Crippen molar-refractivity contribution < 1.29 is 17.6 Å². The van der Waals surface area contributed by atoms with Gasteiger partial charge in [-0.3, -0.25) is 0 Å². The number of nitrogens with two attached hydrogens (primary N) is 1. The summed E-state index contributed by atoms with van der Waals surface area (Å²) in [4.78, 5) is 0.731. The number of alkyl halides is 3. The van der Waals surface area contributed by atoms with E-state index in [9.17, 15) is 17.6 Å². The molecule has 1 aromatic carbocycles. The van der Waals surface area contributed by atoms with E-state index in [1.165, 1.54) is 17.4 Å². The Hall–Kier alpha value is -1.11. The van der Waals surface area contributed by atoms with Crippen LogP contribution in [-0.2, 0) is 6.18 Å². The van der Waals surface area contributed by atoms with Crippen LogP contribution in [0.25, 0.3) is 0 Å². The first-order valence-electron chi connectivity index (χ1n) is 5.05. The quantitative estimate of drug-likeness (QED) is 0.819. The Morgan fingerprint density at radius 2 is 1.84 bits per heavy atom. The molecule has 2 N–H and O–H groups in total. The summed E-state index contributed by atoms with van der Waals surface area (Å²) in [5, 5.41) is 1.78. The van der Waals surface area contributed by atoms with Gasteiger partial charge in [0.15, 0.2) is 0 Å². The Bertz CT molecular complexity index is 539. The van der Waals surface area contributed by atoms with Crippen molar-refractivity contribution in [3.05, 3.63) is 57.5 Å². The lowest BCUT2D eigenvalue weighted by atomic mass is 10.0. The normalized spacial score (nSPS) is 12.9. The van der Waals surface area contributed by atoms with E-state index < -0.39 is 23.6 Å². The fourth-order valence-electron chi connectivity index (χ4n) is 1.59. The van der Waals surface area contributed by atoms with Crippen molar-refractivity contribution in [2.45, 2.75) is 12.2 Å². The van der Waals surface area contributed by atoms with Gasteiger partial charge in [-0.25, -0.2) is 4.39 Å². The Morgan fingerprint density at radius 1 is 1.16 bits per heavy atom. The maximum atomic E-state index is 13.1. The molecule has 0 saturated heterocycles. The van der Waals surface area contributed by atoms with E-state index in [1.54, 1.807) is 17.5 Å². The molecule has 0 saturated carbocycles. The van der Waals surface area contributed by atoms with Crippen LogP contribution in [0.1, 0.15) is 22.0 Å². The highest BCUT2D eigenvalue weighted by molar-refractivity contribution is 7.10. The van der Waals surface area contributed by atoms with Gasteiger partial charge >= 0.3 is 6.18 Å². The molecule has 0 unspecified atom stereocenters. The van der Waals surface area contributed by atoms with Crippen molar-refractivity contribution in [2.24, 2.45) is 5.73 Å². The molecule has 1 nitrogen and oxygen atoms in total. The van der Waals surface area contributed by atoms with Gasteiger partial charge in [-0.15, -0.1) is 23.7 Å². The van der Waals surface area contributed by atoms with Gasteiger partial charge in [0.05, 0.1) is 11.6 Å². The van der Waals surface area contributed by atoms with Crippen molar-refractivity contribution in [1.82, 2.24) is 0 Å². The Balaban J connectivity index is 0.00000180. The van der Waals surface area contributed by atoms with Crippen molar-refractivity contribution in [2.75, 3.05) is 0 Å². The lowest BCUT2D eigenvalue weighted by Gasteiger charge is -2.14. The van der Waals surface area contributed by atoms with E-state index >= 15 is 0 Å². The van der Waals surface area contributed by atoms with Crippen LogP contribution in [0.4, 0.5) is 17.6 Å². The van der Waals surface area contributed by atoms with Crippen LogP contribution >= 0.6 is 23.7 Å². The molecule has 0 radical (unpaired) electrons. The number of halogens is 5. The summed E-state index contributed by atoms with van der Waals surface area (Å²) in [6.45, 7) is 0. The van der Waals surface area contributed by atoms with Gasteiger partial charge in [0.2, 0.25) is 0 Å². The molecule has 1 heterocycles. The number of rotatable bonds is 2. The summed E-state index contributed by atoms with van der Waals surface area (Å²) in [7, 11) is 0. The van der Waals surface area contributed by atoms with Crippen molar-refractivity contribution in [3.8, 4) is 0 Å². The topological polar surface area (TPSA) is 26.0 Å². The van der Waals surface area contributed by atoms with E-state index in [0.717, 1.165) is 17.0 Å². The highest BCUT2D eigenvalue weighted by Gasteiger charge is 2.34. The molecule has 1 aromatic heterocycles. The van der Waals surface area contributed by atoms with Crippen molar-refractivity contribution in [3.63, 3.8) is 0 Å². The minimum absolute atomic E-state index is 0. The van der Waals surface area contributed by atoms with E-state index in [1.807, 2.05) is 0 Å². The average Bonchev–Trinajstić information content (AvgIpc) is 2.80. The number of benzene rings is 1. The summed E-state index contributed by atoms with van der Waals surface area (Å²) in [6, 6.07) is 5.65. The minimum Gasteiger partial charge on any atom is -0.320 e. The summed E-state index contributed by atoms with van der Waals surface area (Å²) in [6.07, 6.45) is -4.71. The fraction of sp³-hybridized carbons (Fsp3) is 0.167. The van der Waals surface area contributed by atoms with E-state index in [4.69, 9.17) is 5.73 Å². The third kappa shape index (κ3) is 3.46. The van der Waals surface area contributed by atoms with E-state index in [0.29, 0.717) is 0 Å². The molecule has 104 valence electrons. The average molecular weight is 312 g/mol. The lowest BCUT2D eigenvalue weighted by molar-refractivity contribution is -0.140. The minimum atomic E-state index is -4.71. The Kier molecular flexibility index (Phi) is 4.95. The highest BCUT2D eigenvalue weighted by atomic mass is 35.5. The van der Waals surface area contributed by atoms with Crippen LogP contribution in [0.2, 0.25) is 0 Å². The number of thiophene rings is 1. The molecule has 19 heavy (non-hydrogen) atoms. The van der Waals surface area contributed by atoms with E-state index in [2.05, 4.69) is 0 Å². The first-order valence-corrected chi connectivity index (χ1v) is 5.93. The summed E-state index contributed by atoms with van der Waals surface area (Å²) in [5.41, 5.74) is 4.80. The molecule has 0 aliphatic carbocycles. The second kappa shape index (κ2) is 5.90. The van der Waals surface area contributed by atoms with Crippen LogP contribution < -0.4 is 5.73 Å². The SMILES string of the molecule is Cl.N[C@H](c1ccc(F)c(C(F)(F)F)c1)c1cccs1. The van der Waals surface area contributed by atoms with Crippen LogP contribution in [-0.4, -0.2) is 0 Å². The molecule has 0 amide bonds. The Labute approximate surface area is 117 Å². The summed E-state index contributed by atoms with van der Waals surface area (Å²) in [5.74, 6) is -1.29. The first-order chi connectivity index (χ1) is 8.39. The second-order valence-electron chi connectivity index (χ2n) is 3.73. The molecule has 2 aromatic rings. The number of hydrogen-bond donors (Lipinski definition) is 1. The largest absolute Gasteiger partial charge is 0.419 e. The smallest absolute Gasteiger partial charge is 0.320 e. The molecular weight excluding hydrogens is 302 g/mol. The van der Waals surface area contributed by atoms with Crippen molar-refractivity contribution >= 4 is 23.7 Å². The van der Waals surface area contributed by atoms with Gasteiger partial charge in [-0.05, 0) is 29.1 Å². The van der Waals surface area contributed by atoms with Gasteiger partial charge in [0, 0.05) is 4.88 Å². The molecule has 0 spiro atoms. The van der Waals surface area contributed by atoms with E-state index in [-0.39, 0.29) is 18.0 Å². The van der Waals surface area contributed by atoms with Crippen LogP contribution in [0, 0.1) is 5.82 Å². The molecule has 0 fully saturated rings. The second-order valence-corrected chi connectivity index (χ2v) is 4.71. The maximum Gasteiger partial charge on any atom is 0.419 e. The zero-order valence-electron chi connectivity index (χ0n) is 9.45. The molecule has 0 bridgehead atoms. The van der Waals surface area contributed by atoms with Crippen LogP contribution in [0.5, 0.6) is 0 Å². The van der Waals surface area contributed by atoms with Gasteiger partial charge in [-0.2, -0.15) is 13.2 Å². The standard InChI is InChI=1S/C12H9F4NS.ClH/c13-9-4-3-7(6-8(9)12(14,15)16)11(17)10-2-1-5-18-10;/h1-6,11H,17H2;1H/t11-;/m1./s1. The summed E-state index contributed by atoms with van der Waals surface area (Å²) >= 11 is 1.34. The Morgan fingerprint density at radius 3 is 2.37 bits per heavy atom.